The molecular formula is C9H17NO3. The fourth-order valence-electron chi connectivity index (χ4n) is 1.03. The molecule has 0 saturated heterocycles. The zero-order chi connectivity index (χ0) is 9.84. The van der Waals surface area contributed by atoms with Crippen molar-refractivity contribution in [1.29, 1.82) is 0 Å². The highest BCUT2D eigenvalue weighted by Gasteiger charge is 2.23. The van der Waals surface area contributed by atoms with Gasteiger partial charge in [0.1, 0.15) is 6.04 Å². The third kappa shape index (κ3) is 3.74. The van der Waals surface area contributed by atoms with Gasteiger partial charge < -0.3 is 15.6 Å². The van der Waals surface area contributed by atoms with Crippen molar-refractivity contribution in [1.82, 2.24) is 0 Å². The van der Waals surface area contributed by atoms with E-state index in [1.807, 2.05) is 0 Å². The molecule has 0 aromatic heterocycles. The summed E-state index contributed by atoms with van der Waals surface area (Å²) in [6.07, 6.45) is 2.59. The van der Waals surface area contributed by atoms with Crippen LogP contribution in [0.2, 0.25) is 0 Å². The maximum absolute atomic E-state index is 11.1. The van der Waals surface area contributed by atoms with E-state index in [-0.39, 0.29) is 0 Å². The molecule has 1 saturated carbocycles. The summed E-state index contributed by atoms with van der Waals surface area (Å²) in [4.78, 5) is 11.1. The van der Waals surface area contributed by atoms with Gasteiger partial charge in [-0.05, 0) is 19.3 Å². The minimum Gasteiger partial charge on any atom is -0.464 e. The summed E-state index contributed by atoms with van der Waals surface area (Å²) >= 11 is 0. The van der Waals surface area contributed by atoms with Crippen LogP contribution in [0.15, 0.2) is 0 Å². The second-order valence-corrected chi connectivity index (χ2v) is 3.67. The van der Waals surface area contributed by atoms with Crippen LogP contribution in [-0.4, -0.2) is 29.8 Å². The lowest BCUT2D eigenvalue weighted by atomic mass is 10.2. The first-order chi connectivity index (χ1) is 6.11. The average molecular weight is 187 g/mol. The quantitative estimate of drug-likeness (QED) is 0.596. The Kier molecular flexibility index (Phi) is 3.69. The van der Waals surface area contributed by atoms with Gasteiger partial charge in [-0.2, -0.15) is 0 Å². The van der Waals surface area contributed by atoms with Crippen LogP contribution in [0, 0.1) is 5.92 Å². The molecule has 0 aromatic carbocycles. The van der Waals surface area contributed by atoms with Gasteiger partial charge in [0.2, 0.25) is 0 Å². The van der Waals surface area contributed by atoms with Gasteiger partial charge in [-0.1, -0.05) is 12.8 Å². The minimum atomic E-state index is -0.904. The van der Waals surface area contributed by atoms with Gasteiger partial charge in [-0.25, -0.2) is 0 Å². The molecule has 0 heterocycles. The molecule has 1 fully saturated rings. The van der Waals surface area contributed by atoms with E-state index in [0.29, 0.717) is 6.61 Å². The van der Waals surface area contributed by atoms with Crippen LogP contribution in [0.5, 0.6) is 0 Å². The van der Waals surface area contributed by atoms with Gasteiger partial charge >= 0.3 is 5.97 Å². The van der Waals surface area contributed by atoms with Gasteiger partial charge in [0.05, 0.1) is 12.7 Å². The zero-order valence-corrected chi connectivity index (χ0v) is 7.90. The highest BCUT2D eigenvalue weighted by atomic mass is 16.5. The normalized spacial score (nSPS) is 20.8. The average Bonchev–Trinajstić information content (AvgIpc) is 2.86. The van der Waals surface area contributed by atoms with Crippen molar-refractivity contribution in [3.63, 3.8) is 0 Å². The highest BCUT2D eigenvalue weighted by molar-refractivity contribution is 5.76. The minimum absolute atomic E-state index is 0.434. The summed E-state index contributed by atoms with van der Waals surface area (Å²) < 4.78 is 4.89. The lowest BCUT2D eigenvalue weighted by Gasteiger charge is -2.13. The van der Waals surface area contributed by atoms with Crippen molar-refractivity contribution < 1.29 is 14.6 Å². The molecule has 1 rings (SSSR count). The number of carbonyl (C=O) groups is 1. The molecule has 0 unspecified atom stereocenters. The molecule has 0 aromatic rings. The molecule has 1 aliphatic rings. The predicted octanol–water partition coefficient (Wildman–Crippen LogP) is 0.0378. The summed E-state index contributed by atoms with van der Waals surface area (Å²) in [5.74, 6) is 0.242. The van der Waals surface area contributed by atoms with Crippen molar-refractivity contribution >= 4 is 5.97 Å². The van der Waals surface area contributed by atoms with Gasteiger partial charge in [-0.3, -0.25) is 4.79 Å². The Balaban J connectivity index is 2.08. The number of aliphatic hydroxyl groups is 1. The zero-order valence-electron chi connectivity index (χ0n) is 7.90. The molecular weight excluding hydrogens is 170 g/mol. The van der Waals surface area contributed by atoms with Crippen LogP contribution in [0.25, 0.3) is 0 Å². The number of rotatable bonds is 5. The fraction of sp³-hybridized carbons (Fsp3) is 0.889. The van der Waals surface area contributed by atoms with E-state index in [4.69, 9.17) is 15.6 Å². The molecule has 76 valence electrons. The fourth-order valence-corrected chi connectivity index (χ4v) is 1.03. The maximum atomic E-state index is 11.1. The van der Waals surface area contributed by atoms with Crippen LogP contribution < -0.4 is 5.73 Å². The Morgan fingerprint density at radius 2 is 2.31 bits per heavy atom. The molecule has 0 radical (unpaired) electrons. The molecule has 13 heavy (non-hydrogen) atoms. The van der Waals surface area contributed by atoms with Gasteiger partial charge in [-0.15, -0.1) is 0 Å². The molecule has 0 spiro atoms. The number of esters is 1. The van der Waals surface area contributed by atoms with Crippen LogP contribution in [0.4, 0.5) is 0 Å². The molecule has 4 heteroatoms. The van der Waals surface area contributed by atoms with E-state index in [1.54, 1.807) is 0 Å². The van der Waals surface area contributed by atoms with Crippen molar-refractivity contribution in [3.8, 4) is 0 Å². The molecule has 3 N–H and O–H groups in total. The van der Waals surface area contributed by atoms with Gasteiger partial charge in [0.25, 0.3) is 0 Å². The Hall–Kier alpha value is -0.610. The highest BCUT2D eigenvalue weighted by Crippen LogP contribution is 2.32. The number of aliphatic hydroxyl groups excluding tert-OH is 1. The van der Waals surface area contributed by atoms with Crippen molar-refractivity contribution in [2.24, 2.45) is 11.7 Å². The molecule has 4 nitrogen and oxygen atoms in total. The molecule has 2 atom stereocenters. The largest absolute Gasteiger partial charge is 0.464 e. The number of carbonyl (C=O) groups excluding carboxylic acids is 1. The smallest absolute Gasteiger partial charge is 0.325 e. The Bertz CT molecular complexity index is 178. The van der Waals surface area contributed by atoms with E-state index < -0.39 is 18.1 Å². The van der Waals surface area contributed by atoms with E-state index in [1.165, 1.54) is 19.8 Å². The van der Waals surface area contributed by atoms with Crippen LogP contribution >= 0.6 is 0 Å². The van der Waals surface area contributed by atoms with E-state index in [9.17, 15) is 4.79 Å². The number of hydrogen-bond donors (Lipinski definition) is 2. The number of nitrogens with two attached hydrogens (primary N) is 1. The summed E-state index contributed by atoms with van der Waals surface area (Å²) in [6, 6.07) is -0.904. The summed E-state index contributed by atoms with van der Waals surface area (Å²) in [5, 5.41) is 8.99. The predicted molar refractivity (Wildman–Crippen MR) is 48.0 cm³/mol. The third-order valence-electron chi connectivity index (χ3n) is 2.26. The summed E-state index contributed by atoms with van der Waals surface area (Å²) in [7, 11) is 0. The molecule has 0 aliphatic heterocycles. The second-order valence-electron chi connectivity index (χ2n) is 3.67. The van der Waals surface area contributed by atoms with Gasteiger partial charge in [0.15, 0.2) is 0 Å². The first-order valence-electron chi connectivity index (χ1n) is 4.71. The van der Waals surface area contributed by atoms with Crippen molar-refractivity contribution in [2.45, 2.75) is 38.3 Å². The topological polar surface area (TPSA) is 72.5 Å². The molecule has 1 aliphatic carbocycles. The van der Waals surface area contributed by atoms with Crippen molar-refractivity contribution in [3.05, 3.63) is 0 Å². The first-order valence-corrected chi connectivity index (χ1v) is 4.71. The molecule has 0 bridgehead atoms. The van der Waals surface area contributed by atoms with E-state index in [2.05, 4.69) is 0 Å². The van der Waals surface area contributed by atoms with Crippen LogP contribution in [-0.2, 0) is 9.53 Å². The SMILES string of the molecule is C[C@@H](O)[C@H](N)C(=O)OCCC1CC1. The monoisotopic (exact) mass is 187 g/mol. The summed E-state index contributed by atoms with van der Waals surface area (Å²) in [5.41, 5.74) is 5.37. The lowest BCUT2D eigenvalue weighted by molar-refractivity contribution is -0.147. The number of hydrogen-bond acceptors (Lipinski definition) is 4. The Labute approximate surface area is 78.1 Å². The Morgan fingerprint density at radius 3 is 2.77 bits per heavy atom. The van der Waals surface area contributed by atoms with E-state index >= 15 is 0 Å². The first kappa shape index (κ1) is 10.5. The van der Waals surface area contributed by atoms with Crippen LogP contribution in [0.3, 0.4) is 0 Å². The Morgan fingerprint density at radius 1 is 1.69 bits per heavy atom. The third-order valence-corrected chi connectivity index (χ3v) is 2.26. The van der Waals surface area contributed by atoms with Gasteiger partial charge in [0, 0.05) is 0 Å². The van der Waals surface area contributed by atoms with Crippen LogP contribution in [0.1, 0.15) is 26.2 Å². The second kappa shape index (κ2) is 4.58. The lowest BCUT2D eigenvalue weighted by Crippen LogP contribution is -2.41. The standard InChI is InChI=1S/C9H17NO3/c1-6(11)8(10)9(12)13-5-4-7-2-3-7/h6-8,11H,2-5,10H2,1H3/t6-,8+/m1/s1. The van der Waals surface area contributed by atoms with E-state index in [0.717, 1.165) is 12.3 Å². The summed E-state index contributed by atoms with van der Waals surface area (Å²) in [6.45, 7) is 1.91. The molecule has 0 amide bonds. The maximum Gasteiger partial charge on any atom is 0.325 e. The van der Waals surface area contributed by atoms with Crippen molar-refractivity contribution in [2.75, 3.05) is 6.61 Å². The number of ether oxygens (including phenoxy) is 1.